The second-order valence-electron chi connectivity index (χ2n) is 4.79. The fourth-order valence-electron chi connectivity index (χ4n) is 1.61. The third-order valence-electron chi connectivity index (χ3n) is 2.76. The van der Waals surface area contributed by atoms with E-state index in [9.17, 15) is 4.79 Å². The van der Waals surface area contributed by atoms with Gasteiger partial charge in [-0.3, -0.25) is 4.79 Å². The Morgan fingerprint density at radius 2 is 2.20 bits per heavy atom. The van der Waals surface area contributed by atoms with Gasteiger partial charge in [-0.1, -0.05) is 0 Å². The summed E-state index contributed by atoms with van der Waals surface area (Å²) in [4.78, 5) is 13.7. The summed E-state index contributed by atoms with van der Waals surface area (Å²) in [5.41, 5.74) is 0. The lowest BCUT2D eigenvalue weighted by Gasteiger charge is -2.27. The molecule has 88 valence electrons. The van der Waals surface area contributed by atoms with E-state index in [1.165, 1.54) is 0 Å². The third kappa shape index (κ3) is 5.14. The average Bonchev–Trinajstić information content (AvgIpc) is 2.08. The topological polar surface area (TPSA) is 44.4 Å². The zero-order valence-corrected chi connectivity index (χ0v) is 10.0. The predicted octanol–water partition coefficient (Wildman–Crippen LogP) is 0.0523. The SMILES string of the molecule is CC(CCN(C)C)NC(=O)CC1CNC1. The van der Waals surface area contributed by atoms with Crippen molar-refractivity contribution in [2.45, 2.75) is 25.8 Å². The molecule has 1 aliphatic rings. The van der Waals surface area contributed by atoms with E-state index < -0.39 is 0 Å². The Hall–Kier alpha value is -0.610. The summed E-state index contributed by atoms with van der Waals surface area (Å²) in [6, 6.07) is 0.285. The van der Waals surface area contributed by atoms with Gasteiger partial charge in [-0.05, 0) is 53.0 Å². The Kier molecular flexibility index (Phi) is 5.05. The van der Waals surface area contributed by atoms with Crippen LogP contribution >= 0.6 is 0 Å². The molecule has 4 heteroatoms. The third-order valence-corrected chi connectivity index (χ3v) is 2.76. The molecule has 1 unspecified atom stereocenters. The predicted molar refractivity (Wildman–Crippen MR) is 61.8 cm³/mol. The van der Waals surface area contributed by atoms with Gasteiger partial charge in [0.1, 0.15) is 0 Å². The van der Waals surface area contributed by atoms with Crippen LogP contribution in [0.15, 0.2) is 0 Å². The second-order valence-corrected chi connectivity index (χ2v) is 4.79. The average molecular weight is 213 g/mol. The quantitative estimate of drug-likeness (QED) is 0.655. The van der Waals surface area contributed by atoms with Gasteiger partial charge in [0, 0.05) is 12.5 Å². The molecular weight excluding hydrogens is 190 g/mol. The molecule has 0 spiro atoms. The standard InChI is InChI=1S/C11H23N3O/c1-9(4-5-14(2)3)13-11(15)6-10-7-12-8-10/h9-10,12H,4-8H2,1-3H3,(H,13,15). The summed E-state index contributed by atoms with van der Waals surface area (Å²) in [6.07, 6.45) is 1.70. The first-order valence-corrected chi connectivity index (χ1v) is 5.72. The lowest BCUT2D eigenvalue weighted by molar-refractivity contribution is -0.123. The molecule has 2 N–H and O–H groups in total. The van der Waals surface area contributed by atoms with Crippen molar-refractivity contribution in [3.8, 4) is 0 Å². The van der Waals surface area contributed by atoms with E-state index in [0.717, 1.165) is 26.1 Å². The molecule has 15 heavy (non-hydrogen) atoms. The number of carbonyl (C=O) groups is 1. The Bertz CT molecular complexity index is 202. The van der Waals surface area contributed by atoms with Crippen LogP contribution in [-0.4, -0.2) is 50.6 Å². The normalized spacial score (nSPS) is 18.7. The number of nitrogens with one attached hydrogen (secondary N) is 2. The van der Waals surface area contributed by atoms with Gasteiger partial charge in [0.05, 0.1) is 0 Å². The fourth-order valence-corrected chi connectivity index (χ4v) is 1.61. The van der Waals surface area contributed by atoms with Crippen LogP contribution in [0.3, 0.4) is 0 Å². The van der Waals surface area contributed by atoms with Gasteiger partial charge in [-0.25, -0.2) is 0 Å². The molecule has 1 fully saturated rings. The van der Waals surface area contributed by atoms with Crippen LogP contribution in [0.1, 0.15) is 19.8 Å². The zero-order chi connectivity index (χ0) is 11.3. The summed E-state index contributed by atoms with van der Waals surface area (Å²) in [5.74, 6) is 0.763. The molecule has 1 saturated heterocycles. The smallest absolute Gasteiger partial charge is 0.220 e. The van der Waals surface area contributed by atoms with Crippen molar-refractivity contribution < 1.29 is 4.79 Å². The second kappa shape index (κ2) is 6.08. The van der Waals surface area contributed by atoms with E-state index in [0.29, 0.717) is 12.3 Å². The highest BCUT2D eigenvalue weighted by Crippen LogP contribution is 2.07. The van der Waals surface area contributed by atoms with Crippen molar-refractivity contribution in [2.24, 2.45) is 5.92 Å². The van der Waals surface area contributed by atoms with Gasteiger partial charge in [-0.15, -0.1) is 0 Å². The van der Waals surface area contributed by atoms with Crippen LogP contribution in [0.2, 0.25) is 0 Å². The van der Waals surface area contributed by atoms with Crippen LogP contribution in [0.25, 0.3) is 0 Å². The Morgan fingerprint density at radius 3 is 2.67 bits per heavy atom. The van der Waals surface area contributed by atoms with Crippen molar-refractivity contribution in [1.82, 2.24) is 15.5 Å². The largest absolute Gasteiger partial charge is 0.354 e. The maximum Gasteiger partial charge on any atom is 0.220 e. The van der Waals surface area contributed by atoms with Crippen molar-refractivity contribution in [1.29, 1.82) is 0 Å². The van der Waals surface area contributed by atoms with Gasteiger partial charge in [0.2, 0.25) is 5.91 Å². The van der Waals surface area contributed by atoms with Crippen molar-refractivity contribution in [3.63, 3.8) is 0 Å². The monoisotopic (exact) mass is 213 g/mol. The Morgan fingerprint density at radius 1 is 1.53 bits per heavy atom. The lowest BCUT2D eigenvalue weighted by Crippen LogP contribution is -2.45. The number of carbonyl (C=O) groups excluding carboxylic acids is 1. The first-order chi connectivity index (χ1) is 7.08. The van der Waals surface area contributed by atoms with Crippen LogP contribution in [0.5, 0.6) is 0 Å². The van der Waals surface area contributed by atoms with Crippen LogP contribution in [-0.2, 0) is 4.79 Å². The maximum absolute atomic E-state index is 11.5. The molecule has 0 aliphatic carbocycles. The number of rotatable bonds is 6. The number of hydrogen-bond donors (Lipinski definition) is 2. The van der Waals surface area contributed by atoms with Crippen LogP contribution < -0.4 is 10.6 Å². The van der Waals surface area contributed by atoms with E-state index >= 15 is 0 Å². The molecule has 0 aromatic rings. The van der Waals surface area contributed by atoms with E-state index in [1.807, 2.05) is 0 Å². The molecule has 0 saturated carbocycles. The summed E-state index contributed by atoms with van der Waals surface area (Å²) in [6.45, 7) is 5.09. The van der Waals surface area contributed by atoms with E-state index in [2.05, 4.69) is 36.6 Å². The van der Waals surface area contributed by atoms with E-state index in [1.54, 1.807) is 0 Å². The zero-order valence-electron chi connectivity index (χ0n) is 10.0. The minimum Gasteiger partial charge on any atom is -0.354 e. The van der Waals surface area contributed by atoms with Gasteiger partial charge in [0.15, 0.2) is 0 Å². The highest BCUT2D eigenvalue weighted by molar-refractivity contribution is 5.76. The van der Waals surface area contributed by atoms with Gasteiger partial charge >= 0.3 is 0 Å². The maximum atomic E-state index is 11.5. The summed E-state index contributed by atoms with van der Waals surface area (Å²) in [7, 11) is 4.10. The number of amides is 1. The first kappa shape index (κ1) is 12.5. The fraction of sp³-hybridized carbons (Fsp3) is 0.909. The summed E-state index contributed by atoms with van der Waals surface area (Å²) < 4.78 is 0. The van der Waals surface area contributed by atoms with Gasteiger partial charge in [-0.2, -0.15) is 0 Å². The van der Waals surface area contributed by atoms with Crippen LogP contribution in [0.4, 0.5) is 0 Å². The molecule has 1 heterocycles. The van der Waals surface area contributed by atoms with Crippen molar-refractivity contribution >= 4 is 5.91 Å². The molecule has 0 aromatic carbocycles. The minimum atomic E-state index is 0.202. The molecule has 4 nitrogen and oxygen atoms in total. The highest BCUT2D eigenvalue weighted by atomic mass is 16.1. The van der Waals surface area contributed by atoms with Crippen molar-refractivity contribution in [2.75, 3.05) is 33.7 Å². The van der Waals surface area contributed by atoms with Crippen molar-refractivity contribution in [3.05, 3.63) is 0 Å². The molecular formula is C11H23N3O. The Labute approximate surface area is 92.4 Å². The highest BCUT2D eigenvalue weighted by Gasteiger charge is 2.20. The number of hydrogen-bond acceptors (Lipinski definition) is 3. The summed E-state index contributed by atoms with van der Waals surface area (Å²) in [5, 5.41) is 6.21. The molecule has 0 radical (unpaired) electrons. The lowest BCUT2D eigenvalue weighted by atomic mass is 9.99. The van der Waals surface area contributed by atoms with E-state index in [4.69, 9.17) is 0 Å². The molecule has 1 amide bonds. The molecule has 1 rings (SSSR count). The molecule has 1 aliphatic heterocycles. The van der Waals surface area contributed by atoms with Gasteiger partial charge in [0.25, 0.3) is 0 Å². The molecule has 0 aromatic heterocycles. The molecule has 1 atom stereocenters. The van der Waals surface area contributed by atoms with Crippen LogP contribution in [0, 0.1) is 5.92 Å². The minimum absolute atomic E-state index is 0.202. The molecule has 0 bridgehead atoms. The number of nitrogens with zero attached hydrogens (tertiary/aromatic N) is 1. The first-order valence-electron chi connectivity index (χ1n) is 5.72. The summed E-state index contributed by atoms with van der Waals surface area (Å²) >= 11 is 0. The Balaban J connectivity index is 2.07. The van der Waals surface area contributed by atoms with E-state index in [-0.39, 0.29) is 11.9 Å². The van der Waals surface area contributed by atoms with Gasteiger partial charge < -0.3 is 15.5 Å².